The maximum Gasteiger partial charge on any atom is 0.302 e. The third-order valence-corrected chi connectivity index (χ3v) is 13.3. The fraction of sp³-hybridized carbons (Fsp3) is 0.906. The third-order valence-electron chi connectivity index (χ3n) is 13.3. The molecule has 0 saturated heterocycles. The minimum Gasteiger partial charge on any atom is -0.462 e. The highest BCUT2D eigenvalue weighted by atomic mass is 16.5. The van der Waals surface area contributed by atoms with Gasteiger partial charge in [-0.1, -0.05) is 67.0 Å². The first-order valence-corrected chi connectivity index (χ1v) is 14.5. The summed E-state index contributed by atoms with van der Waals surface area (Å²) in [5, 5.41) is 0. The topological polar surface area (TPSA) is 26.3 Å². The number of hydrogen-bond donors (Lipinski definition) is 0. The molecule has 192 valence electrons. The molecule has 0 heterocycles. The molecule has 4 saturated carbocycles. The minimum atomic E-state index is -0.126. The quantitative estimate of drug-likeness (QED) is 0.284. The first-order chi connectivity index (χ1) is 15.6. The summed E-state index contributed by atoms with van der Waals surface area (Å²) in [5.41, 5.74) is 3.81. The average molecular weight is 469 g/mol. The van der Waals surface area contributed by atoms with E-state index in [1.54, 1.807) is 12.5 Å². The normalized spacial score (nSPS) is 51.1. The van der Waals surface area contributed by atoms with E-state index in [0.717, 1.165) is 18.3 Å². The van der Waals surface area contributed by atoms with Gasteiger partial charge in [0.05, 0.1) is 0 Å². The van der Waals surface area contributed by atoms with Gasteiger partial charge in [-0.3, -0.25) is 4.79 Å². The molecule has 0 amide bonds. The van der Waals surface area contributed by atoms with Gasteiger partial charge in [-0.15, -0.1) is 0 Å². The molecule has 0 unspecified atom stereocenters. The van der Waals surface area contributed by atoms with E-state index in [0.29, 0.717) is 33.0 Å². The Balaban J connectivity index is 1.52. The van der Waals surface area contributed by atoms with Gasteiger partial charge >= 0.3 is 5.97 Å². The molecule has 8 atom stereocenters. The molecule has 0 spiro atoms. The molecule has 0 N–H and O–H groups in total. The van der Waals surface area contributed by atoms with E-state index in [1.165, 1.54) is 57.8 Å². The Morgan fingerprint density at radius 2 is 1.44 bits per heavy atom. The lowest BCUT2D eigenvalue weighted by Crippen LogP contribution is -2.65. The van der Waals surface area contributed by atoms with Crippen molar-refractivity contribution in [1.29, 1.82) is 0 Å². The van der Waals surface area contributed by atoms with Gasteiger partial charge in [0, 0.05) is 12.3 Å². The summed E-state index contributed by atoms with van der Waals surface area (Å²) in [7, 11) is 0. The van der Waals surface area contributed by atoms with Crippen molar-refractivity contribution < 1.29 is 9.53 Å². The molecule has 0 aromatic carbocycles. The molecule has 0 aromatic rings. The zero-order valence-electron chi connectivity index (χ0n) is 23.8. The number of carbonyl (C=O) groups is 1. The highest BCUT2D eigenvalue weighted by Crippen LogP contribution is 2.77. The van der Waals surface area contributed by atoms with Crippen LogP contribution in [-0.4, -0.2) is 12.1 Å². The molecular formula is C32H52O2. The van der Waals surface area contributed by atoms with Crippen molar-refractivity contribution in [2.75, 3.05) is 0 Å². The van der Waals surface area contributed by atoms with Crippen LogP contribution in [0.1, 0.15) is 127 Å². The first kappa shape index (κ1) is 24.9. The first-order valence-electron chi connectivity index (χ1n) is 14.5. The molecule has 0 bridgehead atoms. The molecule has 2 heteroatoms. The Kier molecular flexibility index (Phi) is 5.40. The Hall–Kier alpha value is -0.790. The van der Waals surface area contributed by atoms with Crippen LogP contribution in [0, 0.1) is 50.2 Å². The maximum atomic E-state index is 11.8. The van der Waals surface area contributed by atoms with Crippen molar-refractivity contribution in [3.8, 4) is 0 Å². The number of carbonyl (C=O) groups excluding carboxylic acids is 1. The zero-order valence-corrected chi connectivity index (χ0v) is 23.8. The van der Waals surface area contributed by atoms with Gasteiger partial charge < -0.3 is 4.74 Å². The van der Waals surface area contributed by atoms with Gasteiger partial charge in [0.2, 0.25) is 0 Å². The van der Waals surface area contributed by atoms with Crippen LogP contribution in [-0.2, 0) is 9.53 Å². The largest absolute Gasteiger partial charge is 0.462 e. The Morgan fingerprint density at radius 3 is 2.12 bits per heavy atom. The molecule has 5 rings (SSSR count). The summed E-state index contributed by atoms with van der Waals surface area (Å²) in [5.74, 6) is 2.14. The van der Waals surface area contributed by atoms with Gasteiger partial charge in [-0.2, -0.15) is 0 Å². The molecule has 2 nitrogen and oxygen atoms in total. The Bertz CT molecular complexity index is 897. The fourth-order valence-corrected chi connectivity index (χ4v) is 10.8. The lowest BCUT2D eigenvalue weighted by molar-refractivity contribution is -0.231. The molecule has 0 aromatic heterocycles. The van der Waals surface area contributed by atoms with Crippen molar-refractivity contribution in [3.05, 3.63) is 11.6 Å². The van der Waals surface area contributed by atoms with Gasteiger partial charge in [-0.25, -0.2) is 0 Å². The number of esters is 1. The fourth-order valence-electron chi connectivity index (χ4n) is 10.8. The molecule has 0 aliphatic heterocycles. The minimum absolute atomic E-state index is 0.0250. The van der Waals surface area contributed by atoms with Gasteiger partial charge in [0.25, 0.3) is 0 Å². The van der Waals surface area contributed by atoms with E-state index in [2.05, 4.69) is 61.5 Å². The number of ether oxygens (including phenoxy) is 1. The predicted molar refractivity (Wildman–Crippen MR) is 140 cm³/mol. The second-order valence-electron chi connectivity index (χ2n) is 15.8. The number of allylic oxidation sites excluding steroid dienone is 1. The van der Waals surface area contributed by atoms with E-state index in [9.17, 15) is 4.79 Å². The van der Waals surface area contributed by atoms with Crippen LogP contribution in [0.3, 0.4) is 0 Å². The van der Waals surface area contributed by atoms with Crippen LogP contribution in [0.25, 0.3) is 0 Å². The highest BCUT2D eigenvalue weighted by molar-refractivity contribution is 5.66. The third kappa shape index (κ3) is 3.21. The van der Waals surface area contributed by atoms with Crippen LogP contribution >= 0.6 is 0 Å². The molecule has 34 heavy (non-hydrogen) atoms. The SMILES string of the molecule is CC(=O)O[C@H]1CC[C@@H]2C(=CC[C@@H]3[C@@]2(C)CC[C@@]2(C)[C@H]4CC(C)(C)CC[C@]4(C)CC[C@]32C)C1(C)C. The summed E-state index contributed by atoms with van der Waals surface area (Å²) in [6.07, 6.45) is 15.9. The molecule has 5 aliphatic carbocycles. The zero-order chi connectivity index (χ0) is 24.9. The van der Waals surface area contributed by atoms with E-state index >= 15 is 0 Å². The second kappa shape index (κ2) is 7.38. The van der Waals surface area contributed by atoms with E-state index in [4.69, 9.17) is 4.74 Å². The number of rotatable bonds is 1. The lowest BCUT2D eigenvalue weighted by atomic mass is 9.31. The van der Waals surface area contributed by atoms with Crippen molar-refractivity contribution in [2.45, 2.75) is 133 Å². The van der Waals surface area contributed by atoms with E-state index in [-0.39, 0.29) is 17.5 Å². The summed E-state index contributed by atoms with van der Waals surface area (Å²) in [6, 6.07) is 0. The summed E-state index contributed by atoms with van der Waals surface area (Å²) in [6.45, 7) is 22.1. The van der Waals surface area contributed by atoms with E-state index in [1.807, 2.05) is 0 Å². The van der Waals surface area contributed by atoms with Crippen molar-refractivity contribution in [3.63, 3.8) is 0 Å². The van der Waals surface area contributed by atoms with Gasteiger partial charge in [-0.05, 0) is 109 Å². The van der Waals surface area contributed by atoms with Crippen LogP contribution in [0.15, 0.2) is 11.6 Å². The smallest absolute Gasteiger partial charge is 0.302 e. The second-order valence-corrected chi connectivity index (χ2v) is 15.8. The summed E-state index contributed by atoms with van der Waals surface area (Å²) in [4.78, 5) is 11.8. The molecule has 0 radical (unpaired) electrons. The molecular weight excluding hydrogens is 416 g/mol. The molecule has 5 aliphatic rings. The maximum absolute atomic E-state index is 11.8. The van der Waals surface area contributed by atoms with Crippen LogP contribution in [0.2, 0.25) is 0 Å². The lowest BCUT2D eigenvalue weighted by Gasteiger charge is -2.73. The van der Waals surface area contributed by atoms with Crippen molar-refractivity contribution in [1.82, 2.24) is 0 Å². The van der Waals surface area contributed by atoms with Gasteiger partial charge in [0.1, 0.15) is 6.10 Å². The van der Waals surface area contributed by atoms with Crippen molar-refractivity contribution in [2.24, 2.45) is 50.2 Å². The van der Waals surface area contributed by atoms with Gasteiger partial charge in [0.15, 0.2) is 0 Å². The van der Waals surface area contributed by atoms with Crippen LogP contribution in [0.4, 0.5) is 0 Å². The van der Waals surface area contributed by atoms with Crippen LogP contribution < -0.4 is 0 Å². The van der Waals surface area contributed by atoms with Crippen molar-refractivity contribution >= 4 is 5.97 Å². The monoisotopic (exact) mass is 468 g/mol. The Labute approximate surface area is 210 Å². The Morgan fingerprint density at radius 1 is 0.824 bits per heavy atom. The standard InChI is InChI=1S/C32H52O2/c1-21(33)34-26-13-11-23-22(28(26,4)5)10-12-24-30(23,7)17-19-32(9)25-20-27(2,3)14-15-29(25,6)16-18-31(24,32)8/h10,23-26H,11-20H2,1-9H3/t23-,24-,25+,26+,29-,30+,31-,32+/m1/s1. The molecule has 4 fully saturated rings. The summed E-state index contributed by atoms with van der Waals surface area (Å²) < 4.78 is 5.86. The summed E-state index contributed by atoms with van der Waals surface area (Å²) >= 11 is 0. The number of fused-ring (bicyclic) bond motifs is 7. The van der Waals surface area contributed by atoms with Crippen LogP contribution in [0.5, 0.6) is 0 Å². The van der Waals surface area contributed by atoms with E-state index < -0.39 is 0 Å². The average Bonchev–Trinajstić information content (AvgIpc) is 2.73. The predicted octanol–water partition coefficient (Wildman–Crippen LogP) is 8.74. The number of hydrogen-bond acceptors (Lipinski definition) is 2. The highest BCUT2D eigenvalue weighted by Gasteiger charge is 2.69.